The Morgan fingerprint density at radius 3 is 1.49 bits per heavy atom. The monoisotopic (exact) mass is 745 g/mol. The number of hydrogen-bond donors (Lipinski definition) is 6. The Balaban J connectivity index is 0.000000160. The standard InChI is InChI=1S/C23H30N4O.C13H12N2O2.C9H17N/c1-23(12-13-23)16-27-14-10-19(11-15-27)25-18-8-6-17(7-9-18)22(28)26-21-5-3-2-4-20(21)24;14-11-3-1-2-4-12(11)15-13(17)9-5-7-10(16)8-6-9;1-9(4-5-9)8-10-6-2-3-7-10/h2-9,19,25H,10-16,24H2,1H3,(H,26,28);1-8,16H,14H2,(H,15,17);2-8H2,1H3. The zero-order chi connectivity index (χ0) is 38.8. The molecule has 2 saturated heterocycles. The molecule has 0 spiro atoms. The number of carbonyl (C=O) groups excluding carboxylic acids is 2. The number of nitrogens with zero attached hydrogens (tertiary/aromatic N) is 2. The molecular formula is C45H59N7O3. The van der Waals surface area contributed by atoms with Crippen LogP contribution in [0.3, 0.4) is 0 Å². The molecule has 8 rings (SSSR count). The summed E-state index contributed by atoms with van der Waals surface area (Å²) < 4.78 is 0. The van der Waals surface area contributed by atoms with Gasteiger partial charge in [0.1, 0.15) is 5.75 Å². The Hall–Kier alpha value is -5.06. The summed E-state index contributed by atoms with van der Waals surface area (Å²) in [5, 5.41) is 18.3. The van der Waals surface area contributed by atoms with Crippen LogP contribution in [-0.2, 0) is 0 Å². The zero-order valence-corrected chi connectivity index (χ0v) is 32.5. The van der Waals surface area contributed by atoms with Crippen molar-refractivity contribution in [1.29, 1.82) is 0 Å². The van der Waals surface area contributed by atoms with Gasteiger partial charge in [0, 0.05) is 49.0 Å². The highest BCUT2D eigenvalue weighted by molar-refractivity contribution is 6.06. The maximum absolute atomic E-state index is 12.4. The van der Waals surface area contributed by atoms with Crippen LogP contribution in [0.2, 0.25) is 0 Å². The van der Waals surface area contributed by atoms with Gasteiger partial charge in [0.25, 0.3) is 11.8 Å². The number of anilines is 5. The van der Waals surface area contributed by atoms with Crippen LogP contribution in [0.1, 0.15) is 85.9 Å². The molecule has 0 radical (unpaired) electrons. The van der Waals surface area contributed by atoms with Crippen molar-refractivity contribution in [1.82, 2.24) is 9.80 Å². The number of aromatic hydroxyl groups is 1. The molecule has 0 atom stereocenters. The number of amides is 2. The van der Waals surface area contributed by atoms with Gasteiger partial charge in [-0.25, -0.2) is 0 Å². The normalized spacial score (nSPS) is 18.4. The Bertz CT molecular complexity index is 1860. The number of likely N-dealkylation sites (tertiary alicyclic amines) is 2. The SMILES string of the molecule is CC1(CN2CCC(Nc3ccc(C(=O)Nc4ccccc4N)cc3)CC2)CC1.CC1(CN2CCCC2)CC1.Nc1ccccc1NC(=O)c1ccc(O)cc1. The maximum Gasteiger partial charge on any atom is 0.255 e. The number of benzene rings is 4. The van der Waals surface area contributed by atoms with E-state index in [2.05, 4.69) is 39.6 Å². The third-order valence-electron chi connectivity index (χ3n) is 11.3. The van der Waals surface area contributed by atoms with Crippen molar-refractivity contribution < 1.29 is 14.7 Å². The van der Waals surface area contributed by atoms with E-state index in [1.54, 1.807) is 48.5 Å². The van der Waals surface area contributed by atoms with Gasteiger partial charge in [-0.05, 0) is 148 Å². The fourth-order valence-corrected chi connectivity index (χ4v) is 7.18. The number of nitrogens with one attached hydrogen (secondary N) is 3. The number of piperidine rings is 1. The number of para-hydroxylation sites is 4. The van der Waals surface area contributed by atoms with Gasteiger partial charge in [-0.1, -0.05) is 38.1 Å². The second kappa shape index (κ2) is 18.0. The predicted molar refractivity (Wildman–Crippen MR) is 226 cm³/mol. The molecule has 8 N–H and O–H groups in total. The van der Waals surface area contributed by atoms with E-state index in [4.69, 9.17) is 16.6 Å². The van der Waals surface area contributed by atoms with Gasteiger partial charge < -0.3 is 42.3 Å². The average molecular weight is 746 g/mol. The van der Waals surface area contributed by atoms with E-state index in [1.165, 1.54) is 103 Å². The Kier molecular flexibility index (Phi) is 13.0. The third-order valence-corrected chi connectivity index (χ3v) is 11.3. The molecule has 2 amide bonds. The van der Waals surface area contributed by atoms with E-state index in [0.717, 1.165) is 11.1 Å². The zero-order valence-electron chi connectivity index (χ0n) is 32.5. The minimum absolute atomic E-state index is 0.126. The lowest BCUT2D eigenvalue weighted by Gasteiger charge is -2.34. The van der Waals surface area contributed by atoms with Gasteiger partial charge in [0.15, 0.2) is 0 Å². The summed E-state index contributed by atoms with van der Waals surface area (Å²) in [7, 11) is 0. The smallest absolute Gasteiger partial charge is 0.255 e. The number of carbonyl (C=O) groups is 2. The first kappa shape index (κ1) is 39.6. The Morgan fingerprint density at radius 2 is 1.05 bits per heavy atom. The molecule has 4 fully saturated rings. The number of rotatable bonds is 10. The first-order valence-corrected chi connectivity index (χ1v) is 19.9. The van der Waals surface area contributed by atoms with Crippen LogP contribution in [0.15, 0.2) is 97.1 Å². The lowest BCUT2D eigenvalue weighted by molar-refractivity contribution is 0.101. The molecule has 0 bridgehead atoms. The van der Waals surface area contributed by atoms with Gasteiger partial charge in [-0.2, -0.15) is 0 Å². The highest BCUT2D eigenvalue weighted by Gasteiger charge is 2.40. The molecule has 4 aliphatic rings. The maximum atomic E-state index is 12.4. The lowest BCUT2D eigenvalue weighted by Crippen LogP contribution is -2.41. The molecule has 4 aromatic carbocycles. The summed E-state index contributed by atoms with van der Waals surface area (Å²) in [5.41, 5.74) is 17.4. The quantitative estimate of drug-likeness (QED) is 0.0889. The molecule has 0 aromatic heterocycles. The van der Waals surface area contributed by atoms with Crippen LogP contribution in [0.25, 0.3) is 0 Å². The van der Waals surface area contributed by atoms with Crippen molar-refractivity contribution in [2.24, 2.45) is 10.8 Å². The number of nitrogen functional groups attached to an aromatic ring is 2. The van der Waals surface area contributed by atoms with Crippen molar-refractivity contribution in [3.8, 4) is 5.75 Å². The number of nitrogens with two attached hydrogens (primary N) is 2. The van der Waals surface area contributed by atoms with Crippen LogP contribution in [0.5, 0.6) is 5.75 Å². The first-order chi connectivity index (χ1) is 26.5. The second-order valence-corrected chi connectivity index (χ2v) is 16.5. The van der Waals surface area contributed by atoms with E-state index in [9.17, 15) is 9.59 Å². The molecule has 2 heterocycles. The number of phenolic OH excluding ortho intramolecular Hbond substituents is 1. The van der Waals surface area contributed by atoms with Crippen LogP contribution in [-0.4, -0.2) is 72.0 Å². The van der Waals surface area contributed by atoms with Gasteiger partial charge in [0.05, 0.1) is 22.7 Å². The second-order valence-electron chi connectivity index (χ2n) is 16.5. The topological polar surface area (TPSA) is 149 Å². The fraction of sp³-hybridized carbons (Fsp3) is 0.422. The predicted octanol–water partition coefficient (Wildman–Crippen LogP) is 8.31. The Labute approximate surface area is 326 Å². The molecule has 2 aliphatic carbocycles. The number of hydrogen-bond acceptors (Lipinski definition) is 8. The molecule has 10 nitrogen and oxygen atoms in total. The average Bonchev–Trinajstić information content (AvgIpc) is 4.04. The molecular weight excluding hydrogens is 687 g/mol. The van der Waals surface area contributed by atoms with Gasteiger partial charge in [-0.15, -0.1) is 0 Å². The van der Waals surface area contributed by atoms with Gasteiger partial charge in [0.2, 0.25) is 0 Å². The third kappa shape index (κ3) is 12.2. The molecule has 0 unspecified atom stereocenters. The fourth-order valence-electron chi connectivity index (χ4n) is 7.18. The highest BCUT2D eigenvalue weighted by Crippen LogP contribution is 2.46. The summed E-state index contributed by atoms with van der Waals surface area (Å²) in [6.07, 6.45) is 11.0. The van der Waals surface area contributed by atoms with Crippen LogP contribution >= 0.6 is 0 Å². The lowest BCUT2D eigenvalue weighted by atomic mass is 10.0. The van der Waals surface area contributed by atoms with Crippen LogP contribution in [0.4, 0.5) is 28.4 Å². The summed E-state index contributed by atoms with van der Waals surface area (Å²) in [4.78, 5) is 29.5. The van der Waals surface area contributed by atoms with Crippen molar-refractivity contribution in [3.63, 3.8) is 0 Å². The van der Waals surface area contributed by atoms with Crippen LogP contribution in [0, 0.1) is 10.8 Å². The minimum atomic E-state index is -0.261. The van der Waals surface area contributed by atoms with Crippen molar-refractivity contribution in [3.05, 3.63) is 108 Å². The highest BCUT2D eigenvalue weighted by atomic mass is 16.3. The van der Waals surface area contributed by atoms with E-state index < -0.39 is 0 Å². The summed E-state index contributed by atoms with van der Waals surface area (Å²) >= 11 is 0. The summed E-state index contributed by atoms with van der Waals surface area (Å²) in [6, 6.07) is 28.5. The molecule has 292 valence electrons. The van der Waals surface area contributed by atoms with E-state index in [0.29, 0.717) is 45.3 Å². The molecule has 2 aliphatic heterocycles. The van der Waals surface area contributed by atoms with Crippen LogP contribution < -0.4 is 27.4 Å². The first-order valence-electron chi connectivity index (χ1n) is 19.9. The van der Waals surface area contributed by atoms with Crippen molar-refractivity contribution in [2.75, 3.05) is 66.7 Å². The Morgan fingerprint density at radius 1 is 0.636 bits per heavy atom. The molecule has 4 aromatic rings. The van der Waals surface area contributed by atoms with Gasteiger partial charge >= 0.3 is 0 Å². The van der Waals surface area contributed by atoms with E-state index in [1.807, 2.05) is 36.4 Å². The molecule has 2 saturated carbocycles. The van der Waals surface area contributed by atoms with E-state index in [-0.39, 0.29) is 17.6 Å². The minimum Gasteiger partial charge on any atom is -0.508 e. The van der Waals surface area contributed by atoms with Crippen molar-refractivity contribution in [2.45, 2.75) is 71.3 Å². The van der Waals surface area contributed by atoms with Gasteiger partial charge in [-0.3, -0.25) is 9.59 Å². The number of phenols is 1. The summed E-state index contributed by atoms with van der Waals surface area (Å²) in [6.45, 7) is 12.6. The molecule has 55 heavy (non-hydrogen) atoms. The molecule has 10 heteroatoms. The van der Waals surface area contributed by atoms with E-state index >= 15 is 0 Å². The largest absolute Gasteiger partial charge is 0.508 e. The van der Waals surface area contributed by atoms with Crippen molar-refractivity contribution >= 4 is 40.3 Å². The summed E-state index contributed by atoms with van der Waals surface area (Å²) in [5.74, 6) is -0.282.